The van der Waals surface area contributed by atoms with Crippen molar-refractivity contribution >= 4 is 33.4 Å². The van der Waals surface area contributed by atoms with Crippen LogP contribution in [0.5, 0.6) is 0 Å². The van der Waals surface area contributed by atoms with E-state index in [1.54, 1.807) is 51.6 Å². The second-order valence-electron chi connectivity index (χ2n) is 8.68. The Bertz CT molecular complexity index is 1640. The van der Waals surface area contributed by atoms with Crippen LogP contribution in [0.4, 0.5) is 5.69 Å². The van der Waals surface area contributed by atoms with E-state index in [2.05, 4.69) is 15.5 Å². The molecule has 4 rings (SSSR count). The molecule has 11 nitrogen and oxygen atoms in total. The molecule has 0 spiro atoms. The minimum atomic E-state index is -3.65. The van der Waals surface area contributed by atoms with Crippen molar-refractivity contribution in [1.82, 2.24) is 23.9 Å². The van der Waals surface area contributed by atoms with E-state index in [4.69, 9.17) is 4.42 Å². The molecule has 2 aromatic carbocycles. The van der Waals surface area contributed by atoms with Crippen molar-refractivity contribution in [2.75, 3.05) is 18.4 Å². The summed E-state index contributed by atoms with van der Waals surface area (Å²) < 4.78 is 36.1. The first-order valence-electron chi connectivity index (χ1n) is 12.3. The summed E-state index contributed by atoms with van der Waals surface area (Å²) in [7, 11) is -1.91. The first-order chi connectivity index (χ1) is 18.6. The van der Waals surface area contributed by atoms with Crippen molar-refractivity contribution in [2.45, 2.75) is 43.1 Å². The Morgan fingerprint density at radius 1 is 1.10 bits per heavy atom. The van der Waals surface area contributed by atoms with Gasteiger partial charge in [0, 0.05) is 25.7 Å². The van der Waals surface area contributed by atoms with Gasteiger partial charge in [-0.1, -0.05) is 49.9 Å². The van der Waals surface area contributed by atoms with Crippen molar-refractivity contribution in [3.8, 4) is 17.1 Å². The highest BCUT2D eigenvalue weighted by Crippen LogP contribution is 2.28. The molecule has 0 saturated carbocycles. The number of anilines is 1. The summed E-state index contributed by atoms with van der Waals surface area (Å²) in [6, 6.07) is 15.5. The van der Waals surface area contributed by atoms with E-state index >= 15 is 0 Å². The molecule has 1 amide bonds. The number of sulfonamides is 1. The van der Waals surface area contributed by atoms with Gasteiger partial charge in [0.05, 0.1) is 21.5 Å². The van der Waals surface area contributed by atoms with Crippen molar-refractivity contribution in [3.05, 3.63) is 70.6 Å². The molecule has 0 aliphatic carbocycles. The highest BCUT2D eigenvalue weighted by atomic mass is 32.2. The average molecular weight is 571 g/mol. The monoisotopic (exact) mass is 570 g/mol. The fourth-order valence-corrected chi connectivity index (χ4v) is 6.21. The van der Waals surface area contributed by atoms with Gasteiger partial charge >= 0.3 is 0 Å². The highest BCUT2D eigenvalue weighted by Gasteiger charge is 2.25. The van der Waals surface area contributed by atoms with Gasteiger partial charge in [0.1, 0.15) is 5.69 Å². The molecule has 13 heteroatoms. The quantitative estimate of drug-likeness (QED) is 0.286. The normalized spacial score (nSPS) is 12.6. The Morgan fingerprint density at radius 2 is 1.79 bits per heavy atom. The van der Waals surface area contributed by atoms with E-state index in [-0.39, 0.29) is 27.3 Å². The molecule has 0 saturated heterocycles. The lowest BCUT2D eigenvalue weighted by molar-refractivity contribution is -0.115. The summed E-state index contributed by atoms with van der Waals surface area (Å²) in [6.07, 6.45) is 0. The number of amides is 1. The predicted molar refractivity (Wildman–Crippen MR) is 150 cm³/mol. The lowest BCUT2D eigenvalue weighted by Gasteiger charge is -2.18. The third kappa shape index (κ3) is 5.70. The number of benzene rings is 2. The number of carbonyl (C=O) groups is 1. The maximum atomic E-state index is 13.1. The molecule has 0 unspecified atom stereocenters. The van der Waals surface area contributed by atoms with Crippen LogP contribution in [0.15, 0.2) is 73.9 Å². The summed E-state index contributed by atoms with van der Waals surface area (Å²) in [5.74, 6) is -0.274. The zero-order valence-corrected chi connectivity index (χ0v) is 23.9. The number of thioether (sulfide) groups is 1. The van der Waals surface area contributed by atoms with Crippen LogP contribution in [0.3, 0.4) is 0 Å². The van der Waals surface area contributed by atoms with Crippen molar-refractivity contribution in [2.24, 2.45) is 7.05 Å². The van der Waals surface area contributed by atoms with Gasteiger partial charge in [-0.3, -0.25) is 14.3 Å². The smallest absolute Gasteiger partial charge is 0.295 e. The molecule has 1 atom stereocenters. The molecule has 2 heterocycles. The molecule has 0 radical (unpaired) electrons. The number of carbonyl (C=O) groups excluding carboxylic acids is 1. The number of nitrogens with zero attached hydrogens (tertiary/aromatic N) is 5. The molecule has 206 valence electrons. The number of para-hydroxylation sites is 1. The molecule has 4 aromatic rings. The molecule has 1 N–H and O–H groups in total. The maximum Gasteiger partial charge on any atom is 0.295 e. The SMILES string of the molecule is CCN(CC)S(=O)(=O)c1cccc(-c2nnc(S[C@H](C)C(=O)Nc3c(C)n(C)n(-c4ccccc4)c3=O)o2)c1. The topological polar surface area (TPSA) is 132 Å². The summed E-state index contributed by atoms with van der Waals surface area (Å²) in [5, 5.41) is 10.2. The van der Waals surface area contributed by atoms with Crippen molar-refractivity contribution in [3.63, 3.8) is 0 Å². The zero-order valence-electron chi connectivity index (χ0n) is 22.3. The number of hydrogen-bond donors (Lipinski definition) is 1. The Morgan fingerprint density at radius 3 is 2.46 bits per heavy atom. The lowest BCUT2D eigenvalue weighted by atomic mass is 10.2. The first kappa shape index (κ1) is 28.3. The molecule has 0 bridgehead atoms. The van der Waals surface area contributed by atoms with E-state index in [1.807, 2.05) is 30.3 Å². The van der Waals surface area contributed by atoms with Crippen molar-refractivity contribution < 1.29 is 17.6 Å². The van der Waals surface area contributed by atoms with Crippen LogP contribution in [0, 0.1) is 6.92 Å². The minimum Gasteiger partial charge on any atom is -0.411 e. The third-order valence-electron chi connectivity index (χ3n) is 6.28. The third-order valence-corrected chi connectivity index (χ3v) is 9.26. The summed E-state index contributed by atoms with van der Waals surface area (Å²) >= 11 is 1.03. The molecule has 0 aliphatic heterocycles. The largest absolute Gasteiger partial charge is 0.411 e. The number of hydrogen-bond acceptors (Lipinski definition) is 8. The van der Waals surface area contributed by atoms with Crippen LogP contribution in [0.25, 0.3) is 17.1 Å². The standard InChI is InChI=1S/C26H30N6O5S2/c1-6-31(7-2)39(35,36)21-15-11-12-19(16-21)24-28-29-26(37-24)38-18(4)23(33)27-22-17(3)30(5)32(25(22)34)20-13-9-8-10-14-20/h8-16,18H,6-7H2,1-5H3,(H,27,33)/t18-/m1/s1. The van der Waals surface area contributed by atoms with E-state index in [0.717, 1.165) is 11.8 Å². The van der Waals surface area contributed by atoms with Crippen LogP contribution in [-0.4, -0.2) is 56.5 Å². The van der Waals surface area contributed by atoms with E-state index in [1.165, 1.54) is 21.1 Å². The second-order valence-corrected chi connectivity index (χ2v) is 11.9. The summed E-state index contributed by atoms with van der Waals surface area (Å²) in [6.45, 7) is 7.69. The van der Waals surface area contributed by atoms with Gasteiger partial charge in [-0.2, -0.15) is 4.31 Å². The molecule has 0 aliphatic rings. The molecule has 0 fully saturated rings. The average Bonchev–Trinajstić information content (AvgIpc) is 3.48. The predicted octanol–water partition coefficient (Wildman–Crippen LogP) is 3.68. The Kier molecular flexibility index (Phi) is 8.42. The van der Waals surface area contributed by atoms with Gasteiger partial charge in [-0.15, -0.1) is 10.2 Å². The highest BCUT2D eigenvalue weighted by molar-refractivity contribution is 8.00. The fraction of sp³-hybridized carbons (Fsp3) is 0.308. The van der Waals surface area contributed by atoms with Gasteiger partial charge in [0.15, 0.2) is 0 Å². The van der Waals surface area contributed by atoms with Crippen LogP contribution in [0.1, 0.15) is 26.5 Å². The van der Waals surface area contributed by atoms with Crippen LogP contribution < -0.4 is 10.9 Å². The fourth-order valence-electron chi connectivity index (χ4n) is 4.02. The second kappa shape index (κ2) is 11.6. The van der Waals surface area contributed by atoms with Gasteiger partial charge in [0.25, 0.3) is 10.8 Å². The summed E-state index contributed by atoms with van der Waals surface area (Å²) in [5.41, 5.74) is 1.58. The van der Waals surface area contributed by atoms with Gasteiger partial charge in [-0.05, 0) is 44.2 Å². The molecular weight excluding hydrogens is 540 g/mol. The summed E-state index contributed by atoms with van der Waals surface area (Å²) in [4.78, 5) is 26.2. The Labute approximate surface area is 230 Å². The zero-order chi connectivity index (χ0) is 28.3. The van der Waals surface area contributed by atoms with Gasteiger partial charge in [-0.25, -0.2) is 13.1 Å². The van der Waals surface area contributed by atoms with Crippen LogP contribution in [0.2, 0.25) is 0 Å². The maximum absolute atomic E-state index is 13.1. The molecular formula is C26H30N6O5S2. The number of aromatic nitrogens is 4. The first-order valence-corrected chi connectivity index (χ1v) is 14.7. The minimum absolute atomic E-state index is 0.128. The Hall–Kier alpha value is -3.68. The lowest BCUT2D eigenvalue weighted by Crippen LogP contribution is -2.30. The van der Waals surface area contributed by atoms with E-state index < -0.39 is 21.2 Å². The van der Waals surface area contributed by atoms with E-state index in [9.17, 15) is 18.0 Å². The molecule has 39 heavy (non-hydrogen) atoms. The number of rotatable bonds is 10. The van der Waals surface area contributed by atoms with E-state index in [0.29, 0.717) is 30.0 Å². The van der Waals surface area contributed by atoms with Crippen molar-refractivity contribution in [1.29, 1.82) is 0 Å². The van der Waals surface area contributed by atoms with Crippen LogP contribution in [-0.2, 0) is 21.9 Å². The Balaban J connectivity index is 1.49. The number of nitrogens with one attached hydrogen (secondary N) is 1. The molecule has 2 aromatic heterocycles. The van der Waals surface area contributed by atoms with Crippen LogP contribution >= 0.6 is 11.8 Å². The van der Waals surface area contributed by atoms with Gasteiger partial charge < -0.3 is 9.73 Å². The van der Waals surface area contributed by atoms with Gasteiger partial charge in [0.2, 0.25) is 21.8 Å².